The quantitative estimate of drug-likeness (QED) is 0.656. The fourth-order valence-corrected chi connectivity index (χ4v) is 4.38. The molecule has 0 spiro atoms. The number of H-pyrrole nitrogens is 1. The summed E-state index contributed by atoms with van der Waals surface area (Å²) in [6, 6.07) is 3.84. The Balaban J connectivity index is 1.88. The van der Waals surface area contributed by atoms with Gasteiger partial charge in [-0.25, -0.2) is 19.3 Å². The molecule has 0 fully saturated rings. The Kier molecular flexibility index (Phi) is 4.23. The number of aryl methyl sites for hydroxylation is 1. The van der Waals surface area contributed by atoms with E-state index in [0.29, 0.717) is 23.1 Å². The highest BCUT2D eigenvalue weighted by Gasteiger charge is 2.35. The fourth-order valence-electron chi connectivity index (χ4n) is 3.30. The van der Waals surface area contributed by atoms with Gasteiger partial charge in [0.25, 0.3) is 5.82 Å². The number of nitrogens with one attached hydrogen (secondary N) is 1. The van der Waals surface area contributed by atoms with Gasteiger partial charge in [0.1, 0.15) is 11.6 Å². The third kappa shape index (κ3) is 3.10. The first-order valence-corrected chi connectivity index (χ1v) is 9.11. The van der Waals surface area contributed by atoms with Gasteiger partial charge in [-0.1, -0.05) is 23.7 Å². The Morgan fingerprint density at radius 1 is 1.37 bits per heavy atom. The SMILES string of the molecule is O=c1[nH]c2[n+](c([O-])c1-c1cccc(C(F)(F)F)c1)C(c1cnc(Cl)s1)CC2. The summed E-state index contributed by atoms with van der Waals surface area (Å²) in [6.45, 7) is 0. The molecule has 27 heavy (non-hydrogen) atoms. The molecule has 10 heteroatoms. The van der Waals surface area contributed by atoms with Crippen LogP contribution in [0.2, 0.25) is 4.47 Å². The Bertz CT molecular complexity index is 1090. The summed E-state index contributed by atoms with van der Waals surface area (Å²) in [5.41, 5.74) is -2.00. The number of thiazole rings is 1. The highest BCUT2D eigenvalue weighted by molar-refractivity contribution is 7.15. The van der Waals surface area contributed by atoms with Gasteiger partial charge in [-0.2, -0.15) is 13.2 Å². The largest absolute Gasteiger partial charge is 0.842 e. The molecule has 1 N–H and O–H groups in total. The summed E-state index contributed by atoms with van der Waals surface area (Å²) in [5.74, 6) is -0.185. The highest BCUT2D eigenvalue weighted by Crippen LogP contribution is 2.35. The minimum Gasteiger partial charge on any atom is -0.842 e. The van der Waals surface area contributed by atoms with Crippen LogP contribution in [0.15, 0.2) is 35.3 Å². The average molecular weight is 414 g/mol. The number of halogens is 4. The Morgan fingerprint density at radius 3 is 2.81 bits per heavy atom. The van der Waals surface area contributed by atoms with Crippen LogP contribution in [0.4, 0.5) is 13.2 Å². The summed E-state index contributed by atoms with van der Waals surface area (Å²) in [7, 11) is 0. The van der Waals surface area contributed by atoms with Crippen LogP contribution in [0.1, 0.15) is 28.7 Å². The van der Waals surface area contributed by atoms with E-state index in [-0.39, 0.29) is 17.2 Å². The van der Waals surface area contributed by atoms with Crippen LogP contribution in [0.5, 0.6) is 5.88 Å². The van der Waals surface area contributed by atoms with Gasteiger partial charge in [-0.05, 0) is 17.7 Å². The van der Waals surface area contributed by atoms with Crippen molar-refractivity contribution >= 4 is 22.9 Å². The molecule has 2 aromatic heterocycles. The first-order valence-electron chi connectivity index (χ1n) is 7.92. The predicted molar refractivity (Wildman–Crippen MR) is 90.7 cm³/mol. The molecule has 1 aliphatic heterocycles. The maximum Gasteiger partial charge on any atom is 0.416 e. The minimum absolute atomic E-state index is 0.0700. The summed E-state index contributed by atoms with van der Waals surface area (Å²) in [5, 5.41) is 13.0. The summed E-state index contributed by atoms with van der Waals surface area (Å²) in [6.07, 6.45) is -1.98. The number of alkyl halides is 3. The van der Waals surface area contributed by atoms with E-state index in [9.17, 15) is 23.1 Å². The Labute approximate surface area is 159 Å². The second-order valence-corrected chi connectivity index (χ2v) is 7.74. The van der Waals surface area contributed by atoms with Crippen LogP contribution in [-0.2, 0) is 12.6 Å². The second-order valence-electron chi connectivity index (χ2n) is 6.10. The van der Waals surface area contributed by atoms with Crippen molar-refractivity contribution in [2.45, 2.75) is 25.1 Å². The molecule has 0 amide bonds. The van der Waals surface area contributed by atoms with Gasteiger partial charge in [0.15, 0.2) is 4.47 Å². The van der Waals surface area contributed by atoms with Crippen molar-refractivity contribution < 1.29 is 22.8 Å². The molecule has 0 saturated carbocycles. The van der Waals surface area contributed by atoms with Gasteiger partial charge in [-0.3, -0.25) is 0 Å². The van der Waals surface area contributed by atoms with Gasteiger partial charge in [0.2, 0.25) is 0 Å². The zero-order valence-electron chi connectivity index (χ0n) is 13.5. The van der Waals surface area contributed by atoms with Crippen molar-refractivity contribution in [1.29, 1.82) is 0 Å². The van der Waals surface area contributed by atoms with E-state index in [1.807, 2.05) is 0 Å². The molecule has 3 aromatic rings. The van der Waals surface area contributed by atoms with Crippen LogP contribution in [0.25, 0.3) is 11.1 Å². The molecule has 5 nitrogen and oxygen atoms in total. The Morgan fingerprint density at radius 2 is 2.15 bits per heavy atom. The number of hydrogen-bond acceptors (Lipinski definition) is 4. The number of hydrogen-bond donors (Lipinski definition) is 1. The van der Waals surface area contributed by atoms with Crippen molar-refractivity contribution in [3.8, 4) is 17.0 Å². The van der Waals surface area contributed by atoms with Crippen molar-refractivity contribution in [3.05, 3.63) is 61.5 Å². The van der Waals surface area contributed by atoms with E-state index in [4.69, 9.17) is 11.6 Å². The molecule has 4 rings (SSSR count). The van der Waals surface area contributed by atoms with Crippen LogP contribution in [-0.4, -0.2) is 9.97 Å². The highest BCUT2D eigenvalue weighted by atomic mass is 35.5. The van der Waals surface area contributed by atoms with Gasteiger partial charge in [0, 0.05) is 12.6 Å². The topological polar surface area (TPSA) is 72.7 Å². The maximum absolute atomic E-state index is 13.0. The number of benzene rings is 1. The summed E-state index contributed by atoms with van der Waals surface area (Å²) >= 11 is 7.10. The number of fused-ring (bicyclic) bond motifs is 1. The third-order valence-electron chi connectivity index (χ3n) is 4.48. The average Bonchev–Trinajstić information content (AvgIpc) is 3.20. The first kappa shape index (κ1) is 18.0. The maximum atomic E-state index is 13.0. The van der Waals surface area contributed by atoms with E-state index < -0.39 is 23.2 Å². The second kappa shape index (κ2) is 6.35. The molecule has 1 aliphatic rings. The van der Waals surface area contributed by atoms with Crippen molar-refractivity contribution in [3.63, 3.8) is 0 Å². The molecule has 1 atom stereocenters. The Hall–Kier alpha value is -2.39. The van der Waals surface area contributed by atoms with E-state index in [2.05, 4.69) is 9.97 Å². The smallest absolute Gasteiger partial charge is 0.416 e. The lowest BCUT2D eigenvalue weighted by Crippen LogP contribution is -2.45. The van der Waals surface area contributed by atoms with Crippen molar-refractivity contribution in [2.24, 2.45) is 0 Å². The van der Waals surface area contributed by atoms with Crippen LogP contribution in [0.3, 0.4) is 0 Å². The normalized spacial score (nSPS) is 16.5. The van der Waals surface area contributed by atoms with Gasteiger partial charge >= 0.3 is 11.7 Å². The van der Waals surface area contributed by atoms with Crippen LogP contribution < -0.4 is 15.2 Å². The molecule has 0 saturated heterocycles. The molecular weight excluding hydrogens is 403 g/mol. The van der Waals surface area contributed by atoms with Gasteiger partial charge in [-0.15, -0.1) is 11.3 Å². The molecule has 0 radical (unpaired) electrons. The van der Waals surface area contributed by atoms with Gasteiger partial charge < -0.3 is 5.11 Å². The van der Waals surface area contributed by atoms with Crippen molar-refractivity contribution in [1.82, 2.24) is 9.97 Å². The lowest BCUT2D eigenvalue weighted by molar-refractivity contribution is -0.745. The van der Waals surface area contributed by atoms with Crippen molar-refractivity contribution in [2.75, 3.05) is 0 Å². The lowest BCUT2D eigenvalue weighted by atomic mass is 10.0. The van der Waals surface area contributed by atoms with E-state index in [0.717, 1.165) is 17.0 Å². The standard InChI is InChI=1S/C17H11ClF3N3O2S/c18-16-22-7-11(27-16)10-4-5-12-23-14(25)13(15(26)24(10)12)8-2-1-3-9(6-8)17(19,20)21/h1-3,6-7,10H,4-5H2,(H,25,26). The number of aromatic nitrogens is 3. The fraction of sp³-hybridized carbons (Fsp3) is 0.235. The monoisotopic (exact) mass is 413 g/mol. The first-order chi connectivity index (χ1) is 12.8. The third-order valence-corrected chi connectivity index (χ3v) is 5.69. The van der Waals surface area contributed by atoms with E-state index >= 15 is 0 Å². The molecule has 140 valence electrons. The molecule has 1 unspecified atom stereocenters. The number of aromatic amines is 1. The van der Waals surface area contributed by atoms with E-state index in [1.54, 1.807) is 6.20 Å². The minimum atomic E-state index is -4.57. The number of rotatable bonds is 2. The molecular formula is C17H11ClF3N3O2S. The number of nitrogens with zero attached hydrogens (tertiary/aromatic N) is 2. The summed E-state index contributed by atoms with van der Waals surface area (Å²) < 4.78 is 40.8. The van der Waals surface area contributed by atoms with Crippen LogP contribution in [0, 0.1) is 0 Å². The van der Waals surface area contributed by atoms with E-state index in [1.165, 1.54) is 28.0 Å². The predicted octanol–water partition coefficient (Wildman–Crippen LogP) is 3.07. The van der Waals surface area contributed by atoms with Crippen LogP contribution >= 0.6 is 22.9 Å². The molecule has 1 aromatic carbocycles. The zero-order chi connectivity index (χ0) is 19.3. The van der Waals surface area contributed by atoms with Gasteiger partial charge in [0.05, 0.1) is 22.7 Å². The molecule has 0 aliphatic carbocycles. The molecule has 0 bridgehead atoms. The zero-order valence-corrected chi connectivity index (χ0v) is 15.1. The molecule has 3 heterocycles. The summed E-state index contributed by atoms with van der Waals surface area (Å²) in [4.78, 5) is 19.8. The lowest BCUT2D eigenvalue weighted by Gasteiger charge is -2.18.